The SMILES string of the molecule is C=C[C@H]1CN(CC(=O)O)C(=O)C2CCC[C@@H]1N2S(=O)(=O)c1cc(Cl)cc(Cl)c1. The van der Waals surface area contributed by atoms with Crippen LogP contribution in [0, 0.1) is 5.92 Å². The van der Waals surface area contributed by atoms with Crippen molar-refractivity contribution in [2.75, 3.05) is 13.1 Å². The molecule has 1 unspecified atom stereocenters. The fraction of sp³-hybridized carbons (Fsp3) is 0.444. The lowest BCUT2D eigenvalue weighted by atomic mass is 9.90. The molecule has 2 saturated heterocycles. The minimum absolute atomic E-state index is 0.0933. The number of carbonyl (C=O) groups is 2. The molecule has 1 amide bonds. The summed E-state index contributed by atoms with van der Waals surface area (Å²) in [6, 6.07) is 2.56. The maximum absolute atomic E-state index is 13.5. The third-order valence-corrected chi connectivity index (χ3v) is 7.52. The van der Waals surface area contributed by atoms with Gasteiger partial charge in [-0.15, -0.1) is 6.58 Å². The van der Waals surface area contributed by atoms with E-state index in [1.807, 2.05) is 0 Å². The first-order valence-electron chi connectivity index (χ1n) is 8.78. The molecule has 3 atom stereocenters. The number of amides is 1. The highest BCUT2D eigenvalue weighted by atomic mass is 35.5. The molecule has 1 aromatic carbocycles. The topological polar surface area (TPSA) is 95.0 Å². The van der Waals surface area contributed by atoms with Crippen molar-refractivity contribution in [1.29, 1.82) is 0 Å². The van der Waals surface area contributed by atoms with Gasteiger partial charge in [0, 0.05) is 28.5 Å². The third kappa shape index (κ3) is 3.91. The maximum Gasteiger partial charge on any atom is 0.323 e. The van der Waals surface area contributed by atoms with E-state index in [2.05, 4.69) is 6.58 Å². The summed E-state index contributed by atoms with van der Waals surface area (Å²) in [7, 11) is -4.10. The summed E-state index contributed by atoms with van der Waals surface area (Å²) in [4.78, 5) is 25.4. The van der Waals surface area contributed by atoms with Gasteiger partial charge in [0.15, 0.2) is 0 Å². The highest BCUT2D eigenvalue weighted by molar-refractivity contribution is 7.89. The van der Waals surface area contributed by atoms with Gasteiger partial charge in [0.25, 0.3) is 0 Å². The lowest BCUT2D eigenvalue weighted by Gasteiger charge is -2.40. The first-order chi connectivity index (χ1) is 13.1. The van der Waals surface area contributed by atoms with Crippen LogP contribution >= 0.6 is 23.2 Å². The van der Waals surface area contributed by atoms with Crippen LogP contribution in [0.4, 0.5) is 0 Å². The molecule has 2 fully saturated rings. The van der Waals surface area contributed by atoms with Gasteiger partial charge in [0.2, 0.25) is 15.9 Å². The Morgan fingerprint density at radius 1 is 1.25 bits per heavy atom. The van der Waals surface area contributed by atoms with Crippen LogP contribution in [0.3, 0.4) is 0 Å². The Kier molecular flexibility index (Phi) is 6.05. The van der Waals surface area contributed by atoms with Crippen molar-refractivity contribution in [2.45, 2.75) is 36.2 Å². The smallest absolute Gasteiger partial charge is 0.323 e. The summed E-state index contributed by atoms with van der Waals surface area (Å²) >= 11 is 12.0. The van der Waals surface area contributed by atoms with Gasteiger partial charge in [-0.3, -0.25) is 9.59 Å². The van der Waals surface area contributed by atoms with Crippen molar-refractivity contribution >= 4 is 45.1 Å². The molecule has 0 spiro atoms. The van der Waals surface area contributed by atoms with Crippen molar-refractivity contribution in [2.24, 2.45) is 5.92 Å². The number of piperidine rings is 1. The van der Waals surface area contributed by atoms with Crippen LogP contribution in [0.25, 0.3) is 0 Å². The van der Waals surface area contributed by atoms with E-state index in [0.29, 0.717) is 19.3 Å². The fourth-order valence-electron chi connectivity index (χ4n) is 4.00. The lowest BCUT2D eigenvalue weighted by Crippen LogP contribution is -2.54. The van der Waals surface area contributed by atoms with Crippen LogP contribution in [0.1, 0.15) is 19.3 Å². The van der Waals surface area contributed by atoms with Gasteiger partial charge >= 0.3 is 5.97 Å². The van der Waals surface area contributed by atoms with E-state index < -0.39 is 46.4 Å². The van der Waals surface area contributed by atoms with Gasteiger partial charge in [0.05, 0.1) is 4.90 Å². The van der Waals surface area contributed by atoms with Gasteiger partial charge < -0.3 is 10.0 Å². The predicted molar refractivity (Wildman–Crippen MR) is 105 cm³/mol. The molecule has 0 radical (unpaired) electrons. The van der Waals surface area contributed by atoms with E-state index in [1.54, 1.807) is 6.08 Å². The largest absolute Gasteiger partial charge is 0.480 e. The Morgan fingerprint density at radius 2 is 1.89 bits per heavy atom. The molecule has 1 aromatic rings. The van der Waals surface area contributed by atoms with Crippen LogP contribution in [-0.4, -0.2) is 59.8 Å². The number of carboxylic acid groups (broad SMARTS) is 1. The minimum atomic E-state index is -4.10. The molecule has 0 saturated carbocycles. The predicted octanol–water partition coefficient (Wildman–Crippen LogP) is 2.63. The summed E-state index contributed by atoms with van der Waals surface area (Å²) in [6.07, 6.45) is 3.13. The number of rotatable bonds is 5. The molecule has 28 heavy (non-hydrogen) atoms. The third-order valence-electron chi connectivity index (χ3n) is 5.17. The van der Waals surface area contributed by atoms with Crippen LogP contribution in [0.2, 0.25) is 10.0 Å². The molecule has 2 aliphatic rings. The number of carbonyl (C=O) groups excluding carboxylic acids is 1. The summed E-state index contributed by atoms with van der Waals surface area (Å²) < 4.78 is 28.2. The second-order valence-corrected chi connectivity index (χ2v) is 9.68. The molecule has 152 valence electrons. The number of benzene rings is 1. The minimum Gasteiger partial charge on any atom is -0.480 e. The van der Waals surface area contributed by atoms with Gasteiger partial charge in [0.1, 0.15) is 12.6 Å². The van der Waals surface area contributed by atoms with E-state index >= 15 is 0 Å². The van der Waals surface area contributed by atoms with E-state index in [-0.39, 0.29) is 21.5 Å². The zero-order valence-corrected chi connectivity index (χ0v) is 17.3. The van der Waals surface area contributed by atoms with E-state index in [1.165, 1.54) is 27.4 Å². The second kappa shape index (κ2) is 8.02. The van der Waals surface area contributed by atoms with Gasteiger partial charge in [-0.05, 0) is 37.5 Å². The van der Waals surface area contributed by atoms with E-state index in [4.69, 9.17) is 28.3 Å². The molecule has 7 nitrogen and oxygen atoms in total. The molecule has 2 bridgehead atoms. The van der Waals surface area contributed by atoms with E-state index in [9.17, 15) is 18.0 Å². The zero-order chi connectivity index (χ0) is 20.6. The number of nitrogens with zero attached hydrogens (tertiary/aromatic N) is 2. The molecular formula is C18H20Cl2N2O5S. The highest BCUT2D eigenvalue weighted by Crippen LogP contribution is 2.38. The first-order valence-corrected chi connectivity index (χ1v) is 11.0. The molecule has 0 aliphatic carbocycles. The molecule has 3 rings (SSSR count). The first kappa shape index (κ1) is 21.1. The van der Waals surface area contributed by atoms with Crippen LogP contribution in [0.15, 0.2) is 35.7 Å². The van der Waals surface area contributed by atoms with Crippen molar-refractivity contribution in [3.63, 3.8) is 0 Å². The monoisotopic (exact) mass is 446 g/mol. The van der Waals surface area contributed by atoms with Crippen molar-refractivity contribution in [3.05, 3.63) is 40.9 Å². The summed E-state index contributed by atoms with van der Waals surface area (Å²) in [5, 5.41) is 9.50. The molecule has 2 aliphatic heterocycles. The van der Waals surface area contributed by atoms with Gasteiger partial charge in [-0.25, -0.2) is 8.42 Å². The highest BCUT2D eigenvalue weighted by Gasteiger charge is 2.49. The maximum atomic E-state index is 13.5. The number of hydrogen-bond acceptors (Lipinski definition) is 4. The average Bonchev–Trinajstić information content (AvgIpc) is 2.68. The van der Waals surface area contributed by atoms with Crippen molar-refractivity contribution in [1.82, 2.24) is 9.21 Å². The number of aliphatic carboxylic acids is 1. The standard InChI is InChI=1S/C18H20Cl2N2O5S/c1-2-11-9-21(10-17(23)24)18(25)16-5-3-4-15(11)22(16)28(26,27)14-7-12(19)6-13(20)8-14/h2,6-8,11,15-16H,1,3-5,9-10H2,(H,23,24)/t11-,15-,16?/m0/s1. The van der Waals surface area contributed by atoms with Crippen molar-refractivity contribution in [3.8, 4) is 0 Å². The van der Waals surface area contributed by atoms with Crippen molar-refractivity contribution < 1.29 is 23.1 Å². The molecule has 1 N–H and O–H groups in total. The van der Waals surface area contributed by atoms with Gasteiger partial charge in [-0.2, -0.15) is 4.31 Å². The Labute approximate surface area is 173 Å². The molecule has 10 heteroatoms. The lowest BCUT2D eigenvalue weighted by molar-refractivity contribution is -0.145. The van der Waals surface area contributed by atoms with Gasteiger partial charge in [-0.1, -0.05) is 29.3 Å². The Hall–Kier alpha value is -1.61. The quantitative estimate of drug-likeness (QED) is 0.701. The van der Waals surface area contributed by atoms with Crippen LogP contribution in [-0.2, 0) is 19.6 Å². The Morgan fingerprint density at radius 3 is 2.46 bits per heavy atom. The van der Waals surface area contributed by atoms with E-state index in [0.717, 1.165) is 0 Å². The molecule has 0 aromatic heterocycles. The average molecular weight is 447 g/mol. The molecule has 2 heterocycles. The number of fused-ring (bicyclic) bond motifs is 2. The number of halogens is 2. The summed E-state index contributed by atoms with van der Waals surface area (Å²) in [5.74, 6) is -2.05. The van der Waals surface area contributed by atoms with Crippen LogP contribution in [0.5, 0.6) is 0 Å². The molecular weight excluding hydrogens is 427 g/mol. The fourth-order valence-corrected chi connectivity index (χ4v) is 6.60. The number of carboxylic acids is 1. The number of sulfonamides is 1. The second-order valence-electron chi connectivity index (χ2n) is 6.97. The zero-order valence-electron chi connectivity index (χ0n) is 14.9. The number of hydrogen-bond donors (Lipinski definition) is 1. The Balaban J connectivity index is 2.11. The Bertz CT molecular complexity index is 900. The van der Waals surface area contributed by atoms with Crippen LogP contribution < -0.4 is 0 Å². The summed E-state index contributed by atoms with van der Waals surface area (Å²) in [5.41, 5.74) is 0. The normalized spacial score (nSPS) is 26.0. The summed E-state index contributed by atoms with van der Waals surface area (Å²) in [6.45, 7) is 3.41.